The largest absolute Gasteiger partial charge is 0.480 e. The number of carboxylic acids is 1. The third kappa shape index (κ3) is 2.94. The van der Waals surface area contributed by atoms with E-state index in [2.05, 4.69) is 20.9 Å². The van der Waals surface area contributed by atoms with Gasteiger partial charge in [-0.2, -0.15) is 0 Å². The van der Waals surface area contributed by atoms with Gasteiger partial charge in [-0.05, 0) is 40.8 Å². The van der Waals surface area contributed by atoms with Crippen LogP contribution in [0, 0.1) is 5.92 Å². The zero-order valence-electron chi connectivity index (χ0n) is 10.5. The summed E-state index contributed by atoms with van der Waals surface area (Å²) in [6.07, 6.45) is 4.71. The molecule has 1 fully saturated rings. The summed E-state index contributed by atoms with van der Waals surface area (Å²) in [5.74, 6) is -1.24. The molecule has 0 aliphatic carbocycles. The Morgan fingerprint density at radius 3 is 2.84 bits per heavy atom. The summed E-state index contributed by atoms with van der Waals surface area (Å²) in [6.45, 7) is 2.35. The number of aliphatic carboxylic acids is 1. The van der Waals surface area contributed by atoms with Gasteiger partial charge < -0.3 is 10.0 Å². The summed E-state index contributed by atoms with van der Waals surface area (Å²) >= 11 is 3.26. The molecule has 0 aromatic carbocycles. The fraction of sp³-hybridized carbons (Fsp3) is 0.462. The van der Waals surface area contributed by atoms with Gasteiger partial charge in [0.15, 0.2) is 0 Å². The zero-order valence-corrected chi connectivity index (χ0v) is 12.1. The van der Waals surface area contributed by atoms with Crippen molar-refractivity contribution in [3.8, 4) is 0 Å². The van der Waals surface area contributed by atoms with Gasteiger partial charge in [-0.25, -0.2) is 4.79 Å². The van der Waals surface area contributed by atoms with E-state index < -0.39 is 12.0 Å². The van der Waals surface area contributed by atoms with E-state index >= 15 is 0 Å². The molecule has 1 amide bonds. The normalized spacial score (nSPS) is 23.2. The zero-order chi connectivity index (χ0) is 14.0. The molecular weight excluding hydrogens is 312 g/mol. The van der Waals surface area contributed by atoms with Crippen LogP contribution in [0.1, 0.15) is 30.1 Å². The molecular formula is C13H15BrN2O3. The summed E-state index contributed by atoms with van der Waals surface area (Å²) in [7, 11) is 0. The molecule has 1 aliphatic rings. The van der Waals surface area contributed by atoms with Crippen LogP contribution in [0.4, 0.5) is 0 Å². The molecule has 1 aliphatic heterocycles. The van der Waals surface area contributed by atoms with Gasteiger partial charge >= 0.3 is 5.97 Å². The Kier molecular flexibility index (Phi) is 4.19. The SMILES string of the molecule is CC1CCCN(C(=O)c2cncc(Br)c2)C1C(=O)O. The molecule has 2 atom stereocenters. The first-order chi connectivity index (χ1) is 9.00. The van der Waals surface area contributed by atoms with Crippen molar-refractivity contribution >= 4 is 27.8 Å². The van der Waals surface area contributed by atoms with Gasteiger partial charge in [0.1, 0.15) is 6.04 Å². The lowest BCUT2D eigenvalue weighted by Crippen LogP contribution is -2.51. The van der Waals surface area contributed by atoms with E-state index in [0.29, 0.717) is 16.6 Å². The van der Waals surface area contributed by atoms with Crippen LogP contribution >= 0.6 is 15.9 Å². The van der Waals surface area contributed by atoms with Crippen molar-refractivity contribution in [2.75, 3.05) is 6.54 Å². The first kappa shape index (κ1) is 14.0. The summed E-state index contributed by atoms with van der Waals surface area (Å²) in [5, 5.41) is 9.31. The first-order valence-corrected chi connectivity index (χ1v) is 6.94. The van der Waals surface area contributed by atoms with Crippen LogP contribution in [-0.4, -0.2) is 39.5 Å². The minimum absolute atomic E-state index is 0.0321. The lowest BCUT2D eigenvalue weighted by atomic mass is 9.90. The highest BCUT2D eigenvalue weighted by Gasteiger charge is 2.37. The average Bonchev–Trinajstić information content (AvgIpc) is 2.37. The van der Waals surface area contributed by atoms with Crippen molar-refractivity contribution in [1.29, 1.82) is 0 Å². The van der Waals surface area contributed by atoms with Crippen LogP contribution in [0.5, 0.6) is 0 Å². The van der Waals surface area contributed by atoms with Gasteiger partial charge in [0.05, 0.1) is 5.56 Å². The van der Waals surface area contributed by atoms with Crippen LogP contribution in [0.2, 0.25) is 0 Å². The van der Waals surface area contributed by atoms with Gasteiger partial charge in [0, 0.05) is 23.4 Å². The molecule has 2 unspecified atom stereocenters. The minimum Gasteiger partial charge on any atom is -0.480 e. The van der Waals surface area contributed by atoms with Crippen LogP contribution in [0.25, 0.3) is 0 Å². The van der Waals surface area contributed by atoms with Crippen LogP contribution in [0.15, 0.2) is 22.9 Å². The smallest absolute Gasteiger partial charge is 0.326 e. The highest BCUT2D eigenvalue weighted by Crippen LogP contribution is 2.25. The maximum atomic E-state index is 12.4. The predicted octanol–water partition coefficient (Wildman–Crippen LogP) is 2.17. The molecule has 1 N–H and O–H groups in total. The molecule has 0 radical (unpaired) electrons. The van der Waals surface area contributed by atoms with E-state index in [1.54, 1.807) is 12.3 Å². The Hall–Kier alpha value is -1.43. The standard InChI is InChI=1S/C13H15BrN2O3/c1-8-3-2-4-16(11(8)13(18)19)12(17)9-5-10(14)7-15-6-9/h5-8,11H,2-4H2,1H3,(H,18,19). The molecule has 1 aromatic heterocycles. The Morgan fingerprint density at radius 2 is 2.21 bits per heavy atom. The van der Waals surface area contributed by atoms with Crippen molar-refractivity contribution in [3.05, 3.63) is 28.5 Å². The summed E-state index contributed by atoms with van der Waals surface area (Å²) in [5.41, 5.74) is 0.412. The number of hydrogen-bond acceptors (Lipinski definition) is 3. The van der Waals surface area contributed by atoms with Crippen LogP contribution in [0.3, 0.4) is 0 Å². The van der Waals surface area contributed by atoms with Gasteiger partial charge in [-0.3, -0.25) is 9.78 Å². The van der Waals surface area contributed by atoms with Crippen LogP contribution < -0.4 is 0 Å². The Morgan fingerprint density at radius 1 is 1.47 bits per heavy atom. The number of pyridine rings is 1. The van der Waals surface area contributed by atoms with Gasteiger partial charge in [0.25, 0.3) is 5.91 Å². The molecule has 6 heteroatoms. The van der Waals surface area contributed by atoms with E-state index in [1.807, 2.05) is 6.92 Å². The van der Waals surface area contributed by atoms with Crippen molar-refractivity contribution in [3.63, 3.8) is 0 Å². The topological polar surface area (TPSA) is 70.5 Å². The second kappa shape index (κ2) is 5.69. The van der Waals surface area contributed by atoms with E-state index in [0.717, 1.165) is 12.8 Å². The molecule has 102 valence electrons. The molecule has 1 aromatic rings. The molecule has 5 nitrogen and oxygen atoms in total. The highest BCUT2D eigenvalue weighted by molar-refractivity contribution is 9.10. The highest BCUT2D eigenvalue weighted by atomic mass is 79.9. The number of nitrogens with zero attached hydrogens (tertiary/aromatic N) is 2. The number of halogens is 1. The van der Waals surface area contributed by atoms with E-state index in [9.17, 15) is 14.7 Å². The number of carboxylic acid groups (broad SMARTS) is 1. The fourth-order valence-electron chi connectivity index (χ4n) is 2.49. The fourth-order valence-corrected chi connectivity index (χ4v) is 2.85. The number of likely N-dealkylation sites (tertiary alicyclic amines) is 1. The third-order valence-corrected chi connectivity index (χ3v) is 3.83. The lowest BCUT2D eigenvalue weighted by molar-refractivity contribution is -0.145. The molecule has 19 heavy (non-hydrogen) atoms. The Balaban J connectivity index is 2.28. The number of aromatic nitrogens is 1. The summed E-state index contributed by atoms with van der Waals surface area (Å²) in [6, 6.07) is 0.910. The monoisotopic (exact) mass is 326 g/mol. The molecule has 2 rings (SSSR count). The Labute approximate surface area is 119 Å². The van der Waals surface area contributed by atoms with Crippen LogP contribution in [-0.2, 0) is 4.79 Å². The Bertz CT molecular complexity index is 506. The number of amides is 1. The number of piperidine rings is 1. The maximum absolute atomic E-state index is 12.4. The lowest BCUT2D eigenvalue weighted by Gasteiger charge is -2.37. The summed E-state index contributed by atoms with van der Waals surface area (Å²) in [4.78, 5) is 29.2. The number of carbonyl (C=O) groups is 2. The van der Waals surface area contributed by atoms with Crippen molar-refractivity contribution in [2.24, 2.45) is 5.92 Å². The predicted molar refractivity (Wildman–Crippen MR) is 72.8 cm³/mol. The van der Waals surface area contributed by atoms with E-state index in [4.69, 9.17) is 0 Å². The molecule has 0 spiro atoms. The van der Waals surface area contributed by atoms with Gasteiger partial charge in [0.2, 0.25) is 0 Å². The van der Waals surface area contributed by atoms with Gasteiger partial charge in [-0.1, -0.05) is 6.92 Å². The molecule has 0 bridgehead atoms. The summed E-state index contributed by atoms with van der Waals surface area (Å²) < 4.78 is 0.704. The molecule has 2 heterocycles. The van der Waals surface area contributed by atoms with Gasteiger partial charge in [-0.15, -0.1) is 0 Å². The average molecular weight is 327 g/mol. The minimum atomic E-state index is -0.941. The quantitative estimate of drug-likeness (QED) is 0.904. The third-order valence-electron chi connectivity index (χ3n) is 3.40. The van der Waals surface area contributed by atoms with Crippen molar-refractivity contribution in [1.82, 2.24) is 9.88 Å². The second-order valence-corrected chi connectivity index (χ2v) is 5.71. The van der Waals surface area contributed by atoms with Crippen molar-refractivity contribution in [2.45, 2.75) is 25.8 Å². The first-order valence-electron chi connectivity index (χ1n) is 6.15. The van der Waals surface area contributed by atoms with E-state index in [1.165, 1.54) is 11.1 Å². The van der Waals surface area contributed by atoms with E-state index in [-0.39, 0.29) is 11.8 Å². The number of hydrogen-bond donors (Lipinski definition) is 1. The van der Waals surface area contributed by atoms with Crippen molar-refractivity contribution < 1.29 is 14.7 Å². The maximum Gasteiger partial charge on any atom is 0.326 e. The molecule has 1 saturated heterocycles. The second-order valence-electron chi connectivity index (χ2n) is 4.79. The molecule has 0 saturated carbocycles. The number of rotatable bonds is 2. The number of carbonyl (C=O) groups excluding carboxylic acids is 1.